The summed E-state index contributed by atoms with van der Waals surface area (Å²) in [4.78, 5) is 1.64. The van der Waals surface area contributed by atoms with Crippen LogP contribution in [0.25, 0.3) is 0 Å². The molecule has 0 fully saturated rings. The molecule has 0 spiro atoms. The van der Waals surface area contributed by atoms with Crippen LogP contribution in [0.2, 0.25) is 0 Å². The SMILES string of the molecule is CC[NH+](CC)CCCOc1ccc(C)cc1Br. The Labute approximate surface area is 113 Å². The maximum Gasteiger partial charge on any atom is 0.133 e. The maximum absolute atomic E-state index is 5.77. The van der Waals surface area contributed by atoms with Gasteiger partial charge in [-0.3, -0.25) is 0 Å². The van der Waals surface area contributed by atoms with E-state index in [0.29, 0.717) is 0 Å². The molecule has 0 radical (unpaired) electrons. The Hall–Kier alpha value is -0.540. The molecule has 0 atom stereocenters. The summed E-state index contributed by atoms with van der Waals surface area (Å²) in [5.41, 5.74) is 1.25. The third kappa shape index (κ3) is 5.09. The molecule has 1 rings (SSSR count). The summed E-state index contributed by atoms with van der Waals surface area (Å²) >= 11 is 3.53. The van der Waals surface area contributed by atoms with Crippen LogP contribution in [0.5, 0.6) is 5.75 Å². The van der Waals surface area contributed by atoms with Gasteiger partial charge in [-0.1, -0.05) is 6.07 Å². The van der Waals surface area contributed by atoms with Gasteiger partial charge in [-0.15, -0.1) is 0 Å². The molecule has 2 nitrogen and oxygen atoms in total. The van der Waals surface area contributed by atoms with Crippen LogP contribution in [-0.2, 0) is 0 Å². The molecular weight excluding hydrogens is 278 g/mol. The largest absolute Gasteiger partial charge is 0.492 e. The number of hydrogen-bond acceptors (Lipinski definition) is 1. The van der Waals surface area contributed by atoms with Gasteiger partial charge in [-0.05, 0) is 54.4 Å². The van der Waals surface area contributed by atoms with E-state index in [1.54, 1.807) is 4.90 Å². The van der Waals surface area contributed by atoms with Crippen molar-refractivity contribution in [3.05, 3.63) is 28.2 Å². The summed E-state index contributed by atoms with van der Waals surface area (Å²) in [6.45, 7) is 10.9. The number of nitrogens with one attached hydrogen (secondary N) is 1. The van der Waals surface area contributed by atoms with E-state index in [1.807, 2.05) is 6.07 Å². The lowest BCUT2D eigenvalue weighted by molar-refractivity contribution is -0.896. The monoisotopic (exact) mass is 300 g/mol. The summed E-state index contributed by atoms with van der Waals surface area (Å²) in [5, 5.41) is 0. The average Bonchev–Trinajstić information content (AvgIpc) is 2.32. The predicted molar refractivity (Wildman–Crippen MR) is 75.9 cm³/mol. The topological polar surface area (TPSA) is 13.7 Å². The number of halogens is 1. The van der Waals surface area contributed by atoms with E-state index in [4.69, 9.17) is 4.74 Å². The molecular formula is C14H23BrNO+. The highest BCUT2D eigenvalue weighted by molar-refractivity contribution is 9.10. The van der Waals surface area contributed by atoms with Gasteiger partial charge < -0.3 is 9.64 Å². The zero-order valence-corrected chi connectivity index (χ0v) is 12.6. The Bertz CT molecular complexity index is 337. The van der Waals surface area contributed by atoms with Crippen molar-refractivity contribution in [2.75, 3.05) is 26.2 Å². The van der Waals surface area contributed by atoms with Crippen molar-refractivity contribution in [1.82, 2.24) is 0 Å². The van der Waals surface area contributed by atoms with Crippen LogP contribution in [0.15, 0.2) is 22.7 Å². The zero-order chi connectivity index (χ0) is 12.7. The molecule has 1 N–H and O–H groups in total. The standard InChI is InChI=1S/C14H22BrNO/c1-4-16(5-2)9-6-10-17-14-8-7-12(3)11-13(14)15/h7-8,11H,4-6,9-10H2,1-3H3/p+1. The number of quaternary nitrogens is 1. The Balaban J connectivity index is 2.31. The van der Waals surface area contributed by atoms with Crippen molar-refractivity contribution in [3.8, 4) is 5.75 Å². The average molecular weight is 301 g/mol. The molecule has 96 valence electrons. The molecule has 17 heavy (non-hydrogen) atoms. The fourth-order valence-electron chi connectivity index (χ4n) is 1.83. The highest BCUT2D eigenvalue weighted by atomic mass is 79.9. The van der Waals surface area contributed by atoms with Crippen molar-refractivity contribution < 1.29 is 9.64 Å². The van der Waals surface area contributed by atoms with Gasteiger partial charge in [0.05, 0.1) is 30.7 Å². The van der Waals surface area contributed by atoms with Crippen molar-refractivity contribution in [2.24, 2.45) is 0 Å². The van der Waals surface area contributed by atoms with E-state index in [0.717, 1.165) is 23.2 Å². The Kier molecular flexibility index (Phi) is 6.60. The van der Waals surface area contributed by atoms with E-state index in [1.165, 1.54) is 25.2 Å². The van der Waals surface area contributed by atoms with E-state index < -0.39 is 0 Å². The minimum atomic E-state index is 0.797. The van der Waals surface area contributed by atoms with Gasteiger partial charge in [0.2, 0.25) is 0 Å². The molecule has 0 aliphatic carbocycles. The number of aryl methyl sites for hydroxylation is 1. The molecule has 0 unspecified atom stereocenters. The van der Waals surface area contributed by atoms with Crippen LogP contribution in [-0.4, -0.2) is 26.2 Å². The van der Waals surface area contributed by atoms with E-state index in [9.17, 15) is 0 Å². The van der Waals surface area contributed by atoms with Gasteiger partial charge in [-0.25, -0.2) is 0 Å². The summed E-state index contributed by atoms with van der Waals surface area (Å²) in [7, 11) is 0. The van der Waals surface area contributed by atoms with E-state index in [-0.39, 0.29) is 0 Å². The second kappa shape index (κ2) is 7.72. The number of rotatable bonds is 7. The molecule has 3 heteroatoms. The molecule has 1 aromatic carbocycles. The first kappa shape index (κ1) is 14.5. The van der Waals surface area contributed by atoms with Gasteiger partial charge in [0.15, 0.2) is 0 Å². The van der Waals surface area contributed by atoms with Crippen molar-refractivity contribution in [2.45, 2.75) is 27.2 Å². The second-order valence-electron chi connectivity index (χ2n) is 4.34. The zero-order valence-electron chi connectivity index (χ0n) is 11.1. The van der Waals surface area contributed by atoms with Crippen LogP contribution in [0.3, 0.4) is 0 Å². The van der Waals surface area contributed by atoms with Gasteiger partial charge in [0, 0.05) is 6.42 Å². The molecule has 1 aromatic rings. The number of benzene rings is 1. The normalized spacial score (nSPS) is 10.9. The fourth-order valence-corrected chi connectivity index (χ4v) is 2.44. The summed E-state index contributed by atoms with van der Waals surface area (Å²) < 4.78 is 6.82. The van der Waals surface area contributed by atoms with E-state index in [2.05, 4.69) is 48.8 Å². The lowest BCUT2D eigenvalue weighted by Gasteiger charge is -2.15. The molecule has 0 saturated heterocycles. The van der Waals surface area contributed by atoms with Crippen LogP contribution in [0.1, 0.15) is 25.8 Å². The van der Waals surface area contributed by atoms with Gasteiger partial charge in [-0.2, -0.15) is 0 Å². The molecule has 0 bridgehead atoms. The first-order valence-electron chi connectivity index (χ1n) is 6.39. The highest BCUT2D eigenvalue weighted by Gasteiger charge is 2.04. The second-order valence-corrected chi connectivity index (χ2v) is 5.20. The van der Waals surface area contributed by atoms with Crippen molar-refractivity contribution in [1.29, 1.82) is 0 Å². The lowest BCUT2D eigenvalue weighted by atomic mass is 10.2. The third-order valence-electron chi connectivity index (χ3n) is 3.02. The van der Waals surface area contributed by atoms with Gasteiger partial charge >= 0.3 is 0 Å². The summed E-state index contributed by atoms with van der Waals surface area (Å²) in [6.07, 6.45) is 1.11. The van der Waals surface area contributed by atoms with Gasteiger partial charge in [0.1, 0.15) is 5.75 Å². The minimum Gasteiger partial charge on any atom is -0.492 e. The molecule has 0 aromatic heterocycles. The van der Waals surface area contributed by atoms with Crippen molar-refractivity contribution >= 4 is 15.9 Å². The molecule has 0 saturated carbocycles. The Morgan fingerprint density at radius 2 is 1.94 bits per heavy atom. The Morgan fingerprint density at radius 3 is 2.53 bits per heavy atom. The number of ether oxygens (including phenoxy) is 1. The molecule has 0 heterocycles. The van der Waals surface area contributed by atoms with E-state index >= 15 is 0 Å². The third-order valence-corrected chi connectivity index (χ3v) is 3.64. The molecule has 0 aliphatic rings. The minimum absolute atomic E-state index is 0.797. The highest BCUT2D eigenvalue weighted by Crippen LogP contribution is 2.25. The van der Waals surface area contributed by atoms with Crippen LogP contribution in [0, 0.1) is 6.92 Å². The first-order valence-corrected chi connectivity index (χ1v) is 7.19. The smallest absolute Gasteiger partial charge is 0.133 e. The van der Waals surface area contributed by atoms with Crippen LogP contribution in [0.4, 0.5) is 0 Å². The van der Waals surface area contributed by atoms with Crippen molar-refractivity contribution in [3.63, 3.8) is 0 Å². The summed E-state index contributed by atoms with van der Waals surface area (Å²) in [6, 6.07) is 6.20. The lowest BCUT2D eigenvalue weighted by Crippen LogP contribution is -3.11. The molecule has 0 aliphatic heterocycles. The predicted octanol–water partition coefficient (Wildman–Crippen LogP) is 2.45. The van der Waals surface area contributed by atoms with Crippen LogP contribution < -0.4 is 9.64 Å². The number of hydrogen-bond donors (Lipinski definition) is 1. The Morgan fingerprint density at radius 1 is 1.24 bits per heavy atom. The maximum atomic E-state index is 5.77. The summed E-state index contributed by atoms with van der Waals surface area (Å²) in [5.74, 6) is 0.949. The van der Waals surface area contributed by atoms with Gasteiger partial charge in [0.25, 0.3) is 0 Å². The quantitative estimate of drug-likeness (QED) is 0.764. The van der Waals surface area contributed by atoms with Crippen LogP contribution >= 0.6 is 15.9 Å². The first-order chi connectivity index (χ1) is 8.17. The fraction of sp³-hybridized carbons (Fsp3) is 0.571. The molecule has 0 amide bonds.